The van der Waals surface area contributed by atoms with Crippen LogP contribution < -0.4 is 9.92 Å². The average molecular weight is 255 g/mol. The van der Waals surface area contributed by atoms with Crippen LogP contribution in [0.1, 0.15) is 5.56 Å². The zero-order valence-corrected chi connectivity index (χ0v) is 8.89. The second kappa shape index (κ2) is 3.85. The Balaban J connectivity index is 3.18. The summed E-state index contributed by atoms with van der Waals surface area (Å²) in [4.78, 5) is 0. The largest absolute Gasteiger partial charge is 0.418 e. The molecule has 0 heterocycles. The van der Waals surface area contributed by atoms with Gasteiger partial charge in [-0.1, -0.05) is 0 Å². The molecule has 16 heavy (non-hydrogen) atoms. The quantitative estimate of drug-likeness (QED) is 0.644. The van der Waals surface area contributed by atoms with E-state index < -0.39 is 33.3 Å². The second-order valence-electron chi connectivity index (χ2n) is 3.03. The van der Waals surface area contributed by atoms with E-state index in [-0.39, 0.29) is 0 Å². The molecule has 0 aliphatic heterocycles. The lowest BCUT2D eigenvalue weighted by molar-refractivity contribution is -0.137. The van der Waals surface area contributed by atoms with Crippen LogP contribution in [0.3, 0.4) is 0 Å². The predicted molar refractivity (Wildman–Crippen MR) is 51.3 cm³/mol. The second-order valence-corrected chi connectivity index (χ2v) is 4.61. The van der Waals surface area contributed by atoms with E-state index in [1.165, 1.54) is 0 Å². The molecule has 0 amide bonds. The summed E-state index contributed by atoms with van der Waals surface area (Å²) in [6, 6.07) is 2.52. The summed E-state index contributed by atoms with van der Waals surface area (Å²) < 4.78 is 62.9. The van der Waals surface area contributed by atoms with E-state index in [2.05, 4.69) is 4.18 Å². The maximum absolute atomic E-state index is 12.4. The molecule has 0 spiro atoms. The first kappa shape index (κ1) is 12.6. The smallest absolute Gasteiger partial charge is 0.398 e. The maximum Gasteiger partial charge on any atom is 0.418 e. The third kappa shape index (κ3) is 3.30. The molecule has 0 saturated carbocycles. The van der Waals surface area contributed by atoms with Gasteiger partial charge in [0.15, 0.2) is 0 Å². The first-order valence-corrected chi connectivity index (χ1v) is 5.77. The molecule has 0 aliphatic rings. The highest BCUT2D eigenvalue weighted by molar-refractivity contribution is 7.86. The molecule has 0 radical (unpaired) electrons. The van der Waals surface area contributed by atoms with E-state index in [0.717, 1.165) is 18.4 Å². The fourth-order valence-electron chi connectivity index (χ4n) is 1.01. The summed E-state index contributed by atoms with van der Waals surface area (Å²) in [7, 11) is -3.86. The molecule has 0 unspecified atom stereocenters. The van der Waals surface area contributed by atoms with Crippen LogP contribution in [0.4, 0.5) is 18.9 Å². The van der Waals surface area contributed by atoms with Crippen molar-refractivity contribution in [3.63, 3.8) is 0 Å². The van der Waals surface area contributed by atoms with Gasteiger partial charge in [-0.05, 0) is 18.2 Å². The van der Waals surface area contributed by atoms with Crippen molar-refractivity contribution < 1.29 is 25.8 Å². The van der Waals surface area contributed by atoms with Crippen LogP contribution in [-0.2, 0) is 16.3 Å². The standard InChI is InChI=1S/C8H8F3NO3S/c1-16(13,14)15-5-2-3-7(12)6(4-5)8(9,10)11/h2-4H,12H2,1H3. The van der Waals surface area contributed by atoms with Gasteiger partial charge in [0.1, 0.15) is 5.75 Å². The van der Waals surface area contributed by atoms with Crippen LogP contribution in [0.25, 0.3) is 0 Å². The van der Waals surface area contributed by atoms with Crippen LogP contribution >= 0.6 is 0 Å². The topological polar surface area (TPSA) is 69.4 Å². The minimum atomic E-state index is -4.65. The molecule has 0 fully saturated rings. The Hall–Kier alpha value is -1.44. The molecule has 2 N–H and O–H groups in total. The Morgan fingerprint density at radius 2 is 1.88 bits per heavy atom. The third-order valence-electron chi connectivity index (χ3n) is 1.58. The highest BCUT2D eigenvalue weighted by Gasteiger charge is 2.33. The van der Waals surface area contributed by atoms with E-state index in [0.29, 0.717) is 6.07 Å². The van der Waals surface area contributed by atoms with Crippen molar-refractivity contribution in [1.82, 2.24) is 0 Å². The zero-order chi connectivity index (χ0) is 12.6. The van der Waals surface area contributed by atoms with Crippen LogP contribution in [0.15, 0.2) is 18.2 Å². The fraction of sp³-hybridized carbons (Fsp3) is 0.250. The molecule has 1 rings (SSSR count). The van der Waals surface area contributed by atoms with Crippen molar-refractivity contribution in [3.8, 4) is 5.75 Å². The van der Waals surface area contributed by atoms with Crippen LogP contribution in [-0.4, -0.2) is 14.7 Å². The van der Waals surface area contributed by atoms with Crippen molar-refractivity contribution in [3.05, 3.63) is 23.8 Å². The molecular formula is C8H8F3NO3S. The molecule has 1 aromatic carbocycles. The van der Waals surface area contributed by atoms with E-state index >= 15 is 0 Å². The number of benzene rings is 1. The summed E-state index contributed by atoms with van der Waals surface area (Å²) in [5, 5.41) is 0. The minimum absolute atomic E-state index is 0.427. The number of nitrogens with two attached hydrogens (primary N) is 1. The van der Waals surface area contributed by atoms with Crippen molar-refractivity contribution in [2.75, 3.05) is 12.0 Å². The lowest BCUT2D eigenvalue weighted by Crippen LogP contribution is -2.11. The molecule has 0 saturated heterocycles. The fourth-order valence-corrected chi connectivity index (χ4v) is 1.46. The van der Waals surface area contributed by atoms with E-state index in [4.69, 9.17) is 5.73 Å². The first-order chi connectivity index (χ1) is 7.09. The highest BCUT2D eigenvalue weighted by atomic mass is 32.2. The van der Waals surface area contributed by atoms with Crippen LogP contribution in [0.5, 0.6) is 5.75 Å². The van der Waals surface area contributed by atoms with Crippen molar-refractivity contribution in [2.24, 2.45) is 0 Å². The molecule has 0 atom stereocenters. The van der Waals surface area contributed by atoms with Gasteiger partial charge in [-0.25, -0.2) is 0 Å². The monoisotopic (exact) mass is 255 g/mol. The van der Waals surface area contributed by atoms with Gasteiger partial charge < -0.3 is 9.92 Å². The first-order valence-electron chi connectivity index (χ1n) is 3.96. The van der Waals surface area contributed by atoms with Crippen molar-refractivity contribution in [2.45, 2.75) is 6.18 Å². The number of nitrogen functional groups attached to an aromatic ring is 1. The summed E-state index contributed by atoms with van der Waals surface area (Å²) >= 11 is 0. The number of anilines is 1. The van der Waals surface area contributed by atoms with E-state index in [1.807, 2.05) is 0 Å². The molecule has 0 bridgehead atoms. The average Bonchev–Trinajstić information content (AvgIpc) is 2.04. The van der Waals surface area contributed by atoms with Crippen molar-refractivity contribution in [1.29, 1.82) is 0 Å². The van der Waals surface area contributed by atoms with Gasteiger partial charge in [0.05, 0.1) is 11.8 Å². The minimum Gasteiger partial charge on any atom is -0.398 e. The normalized spacial score (nSPS) is 12.5. The molecule has 0 aromatic heterocycles. The molecular weight excluding hydrogens is 247 g/mol. The zero-order valence-electron chi connectivity index (χ0n) is 8.08. The SMILES string of the molecule is CS(=O)(=O)Oc1ccc(N)c(C(F)(F)F)c1. The van der Waals surface area contributed by atoms with Gasteiger partial charge in [-0.3, -0.25) is 0 Å². The molecule has 0 aliphatic carbocycles. The van der Waals surface area contributed by atoms with Gasteiger partial charge >= 0.3 is 16.3 Å². The van der Waals surface area contributed by atoms with Gasteiger partial charge in [-0.15, -0.1) is 0 Å². The predicted octanol–water partition coefficient (Wildman–Crippen LogP) is 1.63. The van der Waals surface area contributed by atoms with E-state index in [1.54, 1.807) is 0 Å². The Bertz CT molecular complexity index is 496. The van der Waals surface area contributed by atoms with Gasteiger partial charge in [0, 0.05) is 5.69 Å². The Labute approximate surface area is 89.9 Å². The highest BCUT2D eigenvalue weighted by Crippen LogP contribution is 2.35. The Morgan fingerprint density at radius 3 is 2.31 bits per heavy atom. The van der Waals surface area contributed by atoms with Gasteiger partial charge in [-0.2, -0.15) is 21.6 Å². The number of halogens is 3. The summed E-state index contributed by atoms with van der Waals surface area (Å²) in [5.41, 5.74) is 3.49. The van der Waals surface area contributed by atoms with Gasteiger partial charge in [0.2, 0.25) is 0 Å². The number of hydrogen-bond donors (Lipinski definition) is 1. The Kier molecular flexibility index (Phi) is 3.04. The summed E-state index contributed by atoms with van der Waals surface area (Å²) in [5.74, 6) is -0.427. The van der Waals surface area contributed by atoms with E-state index in [9.17, 15) is 21.6 Å². The number of rotatable bonds is 2. The number of hydrogen-bond acceptors (Lipinski definition) is 4. The summed E-state index contributed by atoms with van der Waals surface area (Å²) in [6.45, 7) is 0. The summed E-state index contributed by atoms with van der Waals surface area (Å²) in [6.07, 6.45) is -3.92. The lowest BCUT2D eigenvalue weighted by atomic mass is 10.1. The van der Waals surface area contributed by atoms with Crippen LogP contribution in [0, 0.1) is 0 Å². The van der Waals surface area contributed by atoms with Gasteiger partial charge in [0.25, 0.3) is 0 Å². The molecule has 8 heteroatoms. The third-order valence-corrected chi connectivity index (χ3v) is 2.07. The van der Waals surface area contributed by atoms with Crippen LogP contribution in [0.2, 0.25) is 0 Å². The molecule has 1 aromatic rings. The molecule has 90 valence electrons. The van der Waals surface area contributed by atoms with Crippen molar-refractivity contribution >= 4 is 15.8 Å². The Morgan fingerprint density at radius 1 is 1.31 bits per heavy atom. The molecule has 4 nitrogen and oxygen atoms in total. The lowest BCUT2D eigenvalue weighted by Gasteiger charge is -2.11. The maximum atomic E-state index is 12.4. The number of alkyl halides is 3.